The third-order valence-corrected chi connectivity index (χ3v) is 5.45. The van der Waals surface area contributed by atoms with Gasteiger partial charge < -0.3 is 9.15 Å². The van der Waals surface area contributed by atoms with Crippen LogP contribution < -0.4 is 4.74 Å². The Morgan fingerprint density at radius 2 is 1.97 bits per heavy atom. The van der Waals surface area contributed by atoms with Crippen LogP contribution in [-0.2, 0) is 4.79 Å². The summed E-state index contributed by atoms with van der Waals surface area (Å²) in [7, 11) is 0. The number of aromatic nitrogens is 4. The standard InChI is InChI=1S/C22H16N4O3/c27-14-8-4-9-16-17(14)18(15-10-5-11-28-15)19-21-24-20(13-6-2-1-3-7-13)25-26(21)12-23-22(19)29-16/h1-3,5-7,10-12,18H,4,8-9H2. The van der Waals surface area contributed by atoms with E-state index in [2.05, 4.69) is 10.1 Å². The van der Waals surface area contributed by atoms with E-state index in [4.69, 9.17) is 14.1 Å². The van der Waals surface area contributed by atoms with Crippen molar-refractivity contribution in [3.8, 4) is 17.3 Å². The molecule has 0 N–H and O–H groups in total. The number of furan rings is 1. The molecule has 2 aliphatic rings. The minimum Gasteiger partial charge on any atom is -0.468 e. The number of carbonyl (C=O) groups excluding carboxylic acids is 1. The molecular weight excluding hydrogens is 368 g/mol. The van der Waals surface area contributed by atoms with Crippen molar-refractivity contribution in [1.82, 2.24) is 19.6 Å². The monoisotopic (exact) mass is 384 g/mol. The van der Waals surface area contributed by atoms with Gasteiger partial charge in [0, 0.05) is 24.0 Å². The van der Waals surface area contributed by atoms with Crippen molar-refractivity contribution in [3.05, 3.63) is 77.7 Å². The lowest BCUT2D eigenvalue weighted by Gasteiger charge is -2.30. The molecule has 0 saturated carbocycles. The maximum Gasteiger partial charge on any atom is 0.228 e. The second-order valence-corrected chi connectivity index (χ2v) is 7.20. The van der Waals surface area contributed by atoms with E-state index in [1.807, 2.05) is 42.5 Å². The predicted molar refractivity (Wildman–Crippen MR) is 103 cm³/mol. The summed E-state index contributed by atoms with van der Waals surface area (Å²) in [5.74, 6) is 2.10. The molecule has 0 radical (unpaired) electrons. The van der Waals surface area contributed by atoms with Gasteiger partial charge in [-0.05, 0) is 18.6 Å². The molecule has 3 aromatic heterocycles. The number of fused-ring (bicyclic) bond motifs is 3. The molecule has 1 aliphatic heterocycles. The fourth-order valence-electron chi connectivity index (χ4n) is 4.17. The molecule has 1 aliphatic carbocycles. The summed E-state index contributed by atoms with van der Waals surface area (Å²) in [6.45, 7) is 0. The summed E-state index contributed by atoms with van der Waals surface area (Å²) in [6, 6.07) is 13.5. The molecule has 1 unspecified atom stereocenters. The van der Waals surface area contributed by atoms with Crippen LogP contribution in [0.5, 0.6) is 5.88 Å². The Kier molecular flexibility index (Phi) is 3.43. The van der Waals surface area contributed by atoms with Crippen LogP contribution in [0.3, 0.4) is 0 Å². The first kappa shape index (κ1) is 16.2. The van der Waals surface area contributed by atoms with Gasteiger partial charge in [-0.25, -0.2) is 14.5 Å². The van der Waals surface area contributed by atoms with Gasteiger partial charge in [0.25, 0.3) is 0 Å². The Hall–Kier alpha value is -3.74. The number of Topliss-reactive ketones (excluding diaryl/α,β-unsaturated/α-hetero) is 1. The Bertz CT molecular complexity index is 1270. The fourth-order valence-corrected chi connectivity index (χ4v) is 4.17. The van der Waals surface area contributed by atoms with Crippen molar-refractivity contribution in [1.29, 1.82) is 0 Å². The van der Waals surface area contributed by atoms with E-state index in [-0.39, 0.29) is 5.78 Å². The van der Waals surface area contributed by atoms with Gasteiger partial charge in [-0.2, -0.15) is 0 Å². The zero-order valence-electron chi connectivity index (χ0n) is 15.4. The number of nitrogens with zero attached hydrogens (tertiary/aromatic N) is 4. The van der Waals surface area contributed by atoms with E-state index >= 15 is 0 Å². The SMILES string of the molecule is O=C1CCCC2=C1C(c1ccco1)c1c(ncn3nc(-c4ccccc4)nc13)O2. The lowest BCUT2D eigenvalue weighted by molar-refractivity contribution is -0.116. The van der Waals surface area contributed by atoms with E-state index in [1.165, 1.54) is 0 Å². The summed E-state index contributed by atoms with van der Waals surface area (Å²) < 4.78 is 13.5. The van der Waals surface area contributed by atoms with E-state index in [0.717, 1.165) is 12.0 Å². The first-order chi connectivity index (χ1) is 14.3. The van der Waals surface area contributed by atoms with Gasteiger partial charge in [-0.3, -0.25) is 4.79 Å². The van der Waals surface area contributed by atoms with Gasteiger partial charge >= 0.3 is 0 Å². The number of carbonyl (C=O) groups is 1. The van der Waals surface area contributed by atoms with Crippen molar-refractivity contribution >= 4 is 11.4 Å². The van der Waals surface area contributed by atoms with Gasteiger partial charge in [-0.1, -0.05) is 30.3 Å². The minimum absolute atomic E-state index is 0.0862. The third kappa shape index (κ3) is 2.44. The molecule has 29 heavy (non-hydrogen) atoms. The van der Waals surface area contributed by atoms with Crippen molar-refractivity contribution in [2.24, 2.45) is 0 Å². The van der Waals surface area contributed by atoms with Crippen LogP contribution in [0.25, 0.3) is 17.0 Å². The van der Waals surface area contributed by atoms with Crippen LogP contribution in [0.4, 0.5) is 0 Å². The molecule has 0 bridgehead atoms. The lowest BCUT2D eigenvalue weighted by atomic mass is 9.80. The quantitative estimate of drug-likeness (QED) is 0.521. The Morgan fingerprint density at radius 3 is 2.79 bits per heavy atom. The molecule has 0 saturated heterocycles. The maximum absolute atomic E-state index is 12.9. The van der Waals surface area contributed by atoms with E-state index < -0.39 is 5.92 Å². The molecule has 7 heteroatoms. The van der Waals surface area contributed by atoms with Crippen LogP contribution in [0, 0.1) is 0 Å². The van der Waals surface area contributed by atoms with Crippen molar-refractivity contribution in [2.45, 2.75) is 25.2 Å². The zero-order valence-corrected chi connectivity index (χ0v) is 15.4. The van der Waals surface area contributed by atoms with Crippen LogP contribution in [-0.4, -0.2) is 25.4 Å². The number of allylic oxidation sites excluding steroid dienone is 2. The summed E-state index contributed by atoms with van der Waals surface area (Å²) in [4.78, 5) is 22.1. The van der Waals surface area contributed by atoms with Crippen LogP contribution in [0.1, 0.15) is 36.5 Å². The molecule has 0 spiro atoms. The van der Waals surface area contributed by atoms with Crippen LogP contribution >= 0.6 is 0 Å². The highest BCUT2D eigenvalue weighted by molar-refractivity contribution is 5.99. The largest absolute Gasteiger partial charge is 0.468 e. The Labute approximate surface area is 165 Å². The van der Waals surface area contributed by atoms with Gasteiger partial charge in [0.05, 0.1) is 17.7 Å². The number of ketones is 1. The average molecular weight is 384 g/mol. The first-order valence-corrected chi connectivity index (χ1v) is 9.58. The normalized spacial score (nSPS) is 18.5. The smallest absolute Gasteiger partial charge is 0.228 e. The lowest BCUT2D eigenvalue weighted by Crippen LogP contribution is -2.26. The average Bonchev–Trinajstić information content (AvgIpc) is 3.43. The molecule has 7 nitrogen and oxygen atoms in total. The van der Waals surface area contributed by atoms with Crippen LogP contribution in [0.15, 0.2) is 70.8 Å². The zero-order chi connectivity index (χ0) is 19.4. The molecule has 142 valence electrons. The number of rotatable bonds is 2. The Morgan fingerprint density at radius 1 is 1.07 bits per heavy atom. The number of hydrogen-bond donors (Lipinski definition) is 0. The molecule has 4 aromatic rings. The van der Waals surface area contributed by atoms with Crippen LogP contribution in [0.2, 0.25) is 0 Å². The van der Waals surface area contributed by atoms with Gasteiger partial charge in [0.2, 0.25) is 5.88 Å². The molecule has 0 fully saturated rings. The fraction of sp³-hybridized carbons (Fsp3) is 0.182. The second-order valence-electron chi connectivity index (χ2n) is 7.20. The van der Waals surface area contributed by atoms with Gasteiger partial charge in [0.15, 0.2) is 17.3 Å². The van der Waals surface area contributed by atoms with Gasteiger partial charge in [-0.15, -0.1) is 5.10 Å². The number of benzene rings is 1. The molecule has 0 amide bonds. The molecule has 1 atom stereocenters. The molecule has 6 rings (SSSR count). The minimum atomic E-state index is -0.402. The summed E-state index contributed by atoms with van der Waals surface area (Å²) >= 11 is 0. The van der Waals surface area contributed by atoms with E-state index in [1.54, 1.807) is 17.1 Å². The third-order valence-electron chi connectivity index (χ3n) is 5.45. The molecule has 1 aromatic carbocycles. The molecule has 4 heterocycles. The highest BCUT2D eigenvalue weighted by Crippen LogP contribution is 2.47. The van der Waals surface area contributed by atoms with E-state index in [0.29, 0.717) is 52.8 Å². The van der Waals surface area contributed by atoms with Gasteiger partial charge in [0.1, 0.15) is 17.8 Å². The van der Waals surface area contributed by atoms with Crippen molar-refractivity contribution < 1.29 is 13.9 Å². The van der Waals surface area contributed by atoms with E-state index in [9.17, 15) is 4.79 Å². The second kappa shape index (κ2) is 6.13. The van der Waals surface area contributed by atoms with Crippen molar-refractivity contribution in [2.75, 3.05) is 0 Å². The highest BCUT2D eigenvalue weighted by atomic mass is 16.5. The summed E-state index contributed by atoms with van der Waals surface area (Å²) in [5, 5.41) is 4.59. The molecular formula is C22H16N4O3. The highest BCUT2D eigenvalue weighted by Gasteiger charge is 2.40. The predicted octanol–water partition coefficient (Wildman–Crippen LogP) is 3.92. The van der Waals surface area contributed by atoms with Crippen molar-refractivity contribution in [3.63, 3.8) is 0 Å². The number of hydrogen-bond acceptors (Lipinski definition) is 6. The topological polar surface area (TPSA) is 82.5 Å². The first-order valence-electron chi connectivity index (χ1n) is 9.58. The maximum atomic E-state index is 12.9. The Balaban J connectivity index is 1.62. The summed E-state index contributed by atoms with van der Waals surface area (Å²) in [6.07, 6.45) is 5.22. The summed E-state index contributed by atoms with van der Waals surface area (Å²) in [5.41, 5.74) is 2.88. The number of ether oxygens (including phenoxy) is 1.